The van der Waals surface area contributed by atoms with E-state index in [9.17, 15) is 13.2 Å². The normalized spacial score (nSPS) is 18.8. The Kier molecular flexibility index (Phi) is 6.37. The molecule has 2 rings (SSSR count). The lowest BCUT2D eigenvalue weighted by atomic mass is 10.1. The van der Waals surface area contributed by atoms with Crippen LogP contribution in [0.25, 0.3) is 0 Å². The van der Waals surface area contributed by atoms with Crippen LogP contribution in [0, 0.1) is 12.8 Å². The molecule has 0 aromatic heterocycles. The summed E-state index contributed by atoms with van der Waals surface area (Å²) in [6.45, 7) is 3.00. The fraction of sp³-hybridized carbons (Fsp3) is 0.500. The van der Waals surface area contributed by atoms with Crippen LogP contribution in [0.1, 0.15) is 22.3 Å². The van der Waals surface area contributed by atoms with E-state index in [-0.39, 0.29) is 28.8 Å². The number of halogens is 1. The van der Waals surface area contributed by atoms with Gasteiger partial charge in [-0.15, -0.1) is 12.4 Å². The molecule has 1 fully saturated rings. The molecule has 1 aliphatic rings. The standard InChI is InChI=1S/C14H20N2O4S.ClH/c1-10-12(14(17)20-2)4-3-5-13(10)21(18,19)16-7-6-11(8-15)9-16;/h3-5,11H,6-9,15H2,1-2H3;1H. The third kappa shape index (κ3) is 3.43. The van der Waals surface area contributed by atoms with Gasteiger partial charge >= 0.3 is 5.97 Å². The van der Waals surface area contributed by atoms with Crippen LogP contribution in [-0.2, 0) is 14.8 Å². The molecule has 8 heteroatoms. The van der Waals surface area contributed by atoms with Crippen molar-refractivity contribution in [1.82, 2.24) is 4.31 Å². The monoisotopic (exact) mass is 348 g/mol. The number of benzene rings is 1. The van der Waals surface area contributed by atoms with Gasteiger partial charge in [0, 0.05) is 13.1 Å². The summed E-state index contributed by atoms with van der Waals surface area (Å²) in [5, 5.41) is 0. The van der Waals surface area contributed by atoms with E-state index in [1.165, 1.54) is 17.5 Å². The van der Waals surface area contributed by atoms with Gasteiger partial charge < -0.3 is 10.5 Å². The second-order valence-electron chi connectivity index (χ2n) is 5.17. The van der Waals surface area contributed by atoms with Gasteiger partial charge in [-0.25, -0.2) is 13.2 Å². The maximum Gasteiger partial charge on any atom is 0.338 e. The fourth-order valence-electron chi connectivity index (χ4n) is 2.57. The molecule has 22 heavy (non-hydrogen) atoms. The van der Waals surface area contributed by atoms with Crippen LogP contribution in [0.2, 0.25) is 0 Å². The van der Waals surface area contributed by atoms with Gasteiger partial charge in [0.15, 0.2) is 0 Å². The first-order valence-corrected chi connectivity index (χ1v) is 8.24. The molecule has 1 aromatic rings. The van der Waals surface area contributed by atoms with Crippen LogP contribution in [0.15, 0.2) is 23.1 Å². The number of rotatable bonds is 4. The van der Waals surface area contributed by atoms with Gasteiger partial charge in [-0.2, -0.15) is 4.31 Å². The number of hydrogen-bond acceptors (Lipinski definition) is 5. The summed E-state index contributed by atoms with van der Waals surface area (Å²) >= 11 is 0. The second-order valence-corrected chi connectivity index (χ2v) is 7.08. The van der Waals surface area contributed by atoms with Gasteiger partial charge in [0.1, 0.15) is 0 Å². The van der Waals surface area contributed by atoms with E-state index in [4.69, 9.17) is 5.73 Å². The zero-order valence-electron chi connectivity index (χ0n) is 12.6. The SMILES string of the molecule is COC(=O)c1cccc(S(=O)(=O)N2CCC(CN)C2)c1C.Cl. The average Bonchev–Trinajstić information content (AvgIpc) is 2.96. The number of hydrogen-bond donors (Lipinski definition) is 1. The number of ether oxygens (including phenoxy) is 1. The minimum Gasteiger partial charge on any atom is -0.465 e. The van der Waals surface area contributed by atoms with Gasteiger partial charge in [0.25, 0.3) is 0 Å². The van der Waals surface area contributed by atoms with E-state index in [0.29, 0.717) is 25.2 Å². The lowest BCUT2D eigenvalue weighted by Gasteiger charge is -2.18. The van der Waals surface area contributed by atoms with Crippen molar-refractivity contribution in [1.29, 1.82) is 0 Å². The summed E-state index contributed by atoms with van der Waals surface area (Å²) in [6, 6.07) is 4.64. The predicted octanol–water partition coefficient (Wildman–Crippen LogP) is 1.17. The molecule has 1 unspecified atom stereocenters. The highest BCUT2D eigenvalue weighted by Gasteiger charge is 2.33. The Labute approximate surface area is 137 Å². The van der Waals surface area contributed by atoms with E-state index in [0.717, 1.165) is 6.42 Å². The van der Waals surface area contributed by atoms with Crippen molar-refractivity contribution in [3.05, 3.63) is 29.3 Å². The second kappa shape index (κ2) is 7.41. The molecule has 0 spiro atoms. The van der Waals surface area contributed by atoms with Crippen molar-refractivity contribution in [2.24, 2.45) is 11.7 Å². The minimum atomic E-state index is -3.61. The number of sulfonamides is 1. The van der Waals surface area contributed by atoms with Crippen LogP contribution in [-0.4, -0.2) is 45.4 Å². The Morgan fingerprint density at radius 3 is 2.68 bits per heavy atom. The topological polar surface area (TPSA) is 89.7 Å². The van der Waals surface area contributed by atoms with Crippen molar-refractivity contribution in [2.45, 2.75) is 18.2 Å². The smallest absolute Gasteiger partial charge is 0.338 e. The molecule has 1 saturated heterocycles. The van der Waals surface area contributed by atoms with E-state index >= 15 is 0 Å². The molecule has 1 aliphatic heterocycles. The molecule has 2 N–H and O–H groups in total. The molecule has 0 saturated carbocycles. The lowest BCUT2D eigenvalue weighted by molar-refractivity contribution is 0.0599. The molecule has 0 aliphatic carbocycles. The van der Waals surface area contributed by atoms with Crippen molar-refractivity contribution in [2.75, 3.05) is 26.7 Å². The van der Waals surface area contributed by atoms with E-state index in [1.54, 1.807) is 19.1 Å². The van der Waals surface area contributed by atoms with Crippen LogP contribution < -0.4 is 5.73 Å². The number of esters is 1. The van der Waals surface area contributed by atoms with Gasteiger partial charge in [-0.05, 0) is 43.5 Å². The summed E-state index contributed by atoms with van der Waals surface area (Å²) < 4.78 is 31.5. The number of nitrogens with zero attached hydrogens (tertiary/aromatic N) is 1. The largest absolute Gasteiger partial charge is 0.465 e. The first kappa shape index (κ1) is 18.9. The third-order valence-electron chi connectivity index (χ3n) is 3.89. The summed E-state index contributed by atoms with van der Waals surface area (Å²) in [5.41, 5.74) is 6.30. The summed E-state index contributed by atoms with van der Waals surface area (Å²) in [5.74, 6) is -0.338. The van der Waals surface area contributed by atoms with Gasteiger partial charge in [-0.3, -0.25) is 0 Å². The Bertz CT molecular complexity index is 648. The third-order valence-corrected chi connectivity index (χ3v) is 5.90. The van der Waals surface area contributed by atoms with Crippen molar-refractivity contribution < 1.29 is 17.9 Å². The van der Waals surface area contributed by atoms with E-state index < -0.39 is 16.0 Å². The van der Waals surface area contributed by atoms with Crippen LogP contribution in [0.4, 0.5) is 0 Å². The Balaban J connectivity index is 0.00000242. The maximum atomic E-state index is 12.7. The minimum absolute atomic E-state index is 0. The van der Waals surface area contributed by atoms with Crippen LogP contribution >= 0.6 is 12.4 Å². The zero-order valence-corrected chi connectivity index (χ0v) is 14.2. The highest BCUT2D eigenvalue weighted by atomic mass is 35.5. The van der Waals surface area contributed by atoms with E-state index in [1.807, 2.05) is 0 Å². The lowest BCUT2D eigenvalue weighted by Crippen LogP contribution is -2.30. The molecular weight excluding hydrogens is 328 g/mol. The number of nitrogens with two attached hydrogens (primary N) is 1. The Morgan fingerprint density at radius 2 is 2.14 bits per heavy atom. The zero-order chi connectivity index (χ0) is 15.6. The fourth-order valence-corrected chi connectivity index (χ4v) is 4.35. The first-order chi connectivity index (χ1) is 9.91. The van der Waals surface area contributed by atoms with Gasteiger partial charge in [-0.1, -0.05) is 6.07 Å². The van der Waals surface area contributed by atoms with E-state index in [2.05, 4.69) is 4.74 Å². The summed E-state index contributed by atoms with van der Waals surface area (Å²) in [7, 11) is -2.33. The molecule has 1 atom stereocenters. The Hall–Kier alpha value is -1.15. The summed E-state index contributed by atoms with van der Waals surface area (Å²) in [4.78, 5) is 11.8. The number of methoxy groups -OCH3 is 1. The number of carbonyl (C=O) groups is 1. The molecular formula is C14H21ClN2O4S. The highest BCUT2D eigenvalue weighted by Crippen LogP contribution is 2.27. The molecule has 0 amide bonds. The van der Waals surface area contributed by atoms with Gasteiger partial charge in [0.2, 0.25) is 10.0 Å². The maximum absolute atomic E-state index is 12.7. The molecule has 6 nitrogen and oxygen atoms in total. The van der Waals surface area contributed by atoms with Crippen molar-refractivity contribution in [3.8, 4) is 0 Å². The quantitative estimate of drug-likeness (QED) is 0.825. The highest BCUT2D eigenvalue weighted by molar-refractivity contribution is 7.89. The van der Waals surface area contributed by atoms with Crippen LogP contribution in [0.5, 0.6) is 0 Å². The molecule has 1 heterocycles. The molecule has 124 valence electrons. The summed E-state index contributed by atoms with van der Waals surface area (Å²) in [6.07, 6.45) is 0.769. The predicted molar refractivity (Wildman–Crippen MR) is 85.7 cm³/mol. The van der Waals surface area contributed by atoms with Crippen molar-refractivity contribution in [3.63, 3.8) is 0 Å². The number of carbonyl (C=O) groups excluding carboxylic acids is 1. The first-order valence-electron chi connectivity index (χ1n) is 6.80. The molecule has 0 radical (unpaired) electrons. The Morgan fingerprint density at radius 1 is 1.45 bits per heavy atom. The average molecular weight is 349 g/mol. The van der Waals surface area contributed by atoms with Gasteiger partial charge in [0.05, 0.1) is 17.6 Å². The molecule has 0 bridgehead atoms. The van der Waals surface area contributed by atoms with Crippen LogP contribution in [0.3, 0.4) is 0 Å². The molecule has 1 aromatic carbocycles. The van der Waals surface area contributed by atoms with Crippen molar-refractivity contribution >= 4 is 28.4 Å².